The fourth-order valence-corrected chi connectivity index (χ4v) is 2.68. The van der Waals surface area contributed by atoms with Gasteiger partial charge in [0.2, 0.25) is 0 Å². The zero-order chi connectivity index (χ0) is 16.4. The summed E-state index contributed by atoms with van der Waals surface area (Å²) in [6, 6.07) is 10.8. The summed E-state index contributed by atoms with van der Waals surface area (Å²) >= 11 is 0. The first-order valence-electron chi connectivity index (χ1n) is 7.37. The Hall–Kier alpha value is -2.22. The van der Waals surface area contributed by atoms with Crippen molar-refractivity contribution in [1.82, 2.24) is 9.55 Å². The Bertz CT molecular complexity index is 770. The molecule has 1 aromatic heterocycles. The molecule has 0 aliphatic carbocycles. The Kier molecular flexibility index (Phi) is 4.42. The van der Waals surface area contributed by atoms with Gasteiger partial charge in [-0.2, -0.15) is 0 Å². The first kappa shape index (κ1) is 15.7. The summed E-state index contributed by atoms with van der Waals surface area (Å²) < 4.78 is 12.6. The van der Waals surface area contributed by atoms with Crippen molar-refractivity contribution in [3.8, 4) is 0 Å². The monoisotopic (exact) mass is 318 g/mol. The van der Waals surface area contributed by atoms with Gasteiger partial charge in [0.25, 0.3) is 5.56 Å². The van der Waals surface area contributed by atoms with Crippen LogP contribution < -0.4 is 11.2 Å². The van der Waals surface area contributed by atoms with Gasteiger partial charge in [0, 0.05) is 12.3 Å². The predicted octanol–water partition coefficient (Wildman–Crippen LogP) is 0.400. The number of rotatable bonds is 4. The number of benzene rings is 1. The van der Waals surface area contributed by atoms with E-state index in [1.54, 1.807) is 6.92 Å². The fourth-order valence-electron chi connectivity index (χ4n) is 2.68. The Labute approximate surface area is 132 Å². The van der Waals surface area contributed by atoms with E-state index >= 15 is 0 Å². The highest BCUT2D eigenvalue weighted by atomic mass is 16.6. The van der Waals surface area contributed by atoms with E-state index < -0.39 is 35.8 Å². The summed E-state index contributed by atoms with van der Waals surface area (Å²) in [4.78, 5) is 25.1. The van der Waals surface area contributed by atoms with E-state index in [1.165, 1.54) is 12.3 Å². The molecule has 2 aromatic rings. The van der Waals surface area contributed by atoms with Crippen molar-refractivity contribution >= 4 is 0 Å². The maximum atomic E-state index is 11.8. The zero-order valence-electron chi connectivity index (χ0n) is 12.6. The molecule has 3 rings (SSSR count). The van der Waals surface area contributed by atoms with Crippen LogP contribution in [0.25, 0.3) is 0 Å². The molecular formula is C16H18N2O5. The molecule has 7 nitrogen and oxygen atoms in total. The van der Waals surface area contributed by atoms with Gasteiger partial charge in [-0.15, -0.1) is 0 Å². The molecule has 2 N–H and O–H groups in total. The first-order valence-corrected chi connectivity index (χ1v) is 7.37. The van der Waals surface area contributed by atoms with Gasteiger partial charge in [0.05, 0.1) is 12.7 Å². The molecule has 2 heterocycles. The summed E-state index contributed by atoms with van der Waals surface area (Å²) in [5.74, 6) is 0. The minimum absolute atomic E-state index is 0.337. The third kappa shape index (κ3) is 3.26. The van der Waals surface area contributed by atoms with E-state index in [0.717, 1.165) is 10.1 Å². The van der Waals surface area contributed by atoms with Crippen LogP contribution in [0.3, 0.4) is 0 Å². The van der Waals surface area contributed by atoms with E-state index in [1.807, 2.05) is 30.3 Å². The van der Waals surface area contributed by atoms with E-state index in [-0.39, 0.29) is 0 Å². The SMILES string of the molecule is C[C@H]1O[C@@H](n2ccc(=O)[nH]c2=O)[C@H](O)[C@@H]1OCc1ccccc1. The molecule has 0 spiro atoms. The standard InChI is InChI=1S/C16H18N2O5/c1-10-14(22-9-11-5-3-2-4-6-11)13(20)15(23-10)18-8-7-12(19)17-16(18)21/h2-8,10,13-15,20H,9H2,1H3,(H,17,19,21)/t10-,13-,14-,15-/m1/s1. The van der Waals surface area contributed by atoms with E-state index in [0.29, 0.717) is 6.61 Å². The molecule has 122 valence electrons. The van der Waals surface area contributed by atoms with Crippen LogP contribution in [0.4, 0.5) is 0 Å². The van der Waals surface area contributed by atoms with Crippen LogP contribution >= 0.6 is 0 Å². The van der Waals surface area contributed by atoms with Gasteiger partial charge in [-0.1, -0.05) is 30.3 Å². The number of hydrogen-bond acceptors (Lipinski definition) is 5. The van der Waals surface area contributed by atoms with E-state index in [9.17, 15) is 14.7 Å². The fraction of sp³-hybridized carbons (Fsp3) is 0.375. The molecule has 1 aliphatic rings. The lowest BCUT2D eigenvalue weighted by molar-refractivity contribution is -0.0434. The van der Waals surface area contributed by atoms with Crippen LogP contribution in [0.1, 0.15) is 18.7 Å². The van der Waals surface area contributed by atoms with Crippen molar-refractivity contribution in [3.05, 3.63) is 69.0 Å². The number of aliphatic hydroxyl groups excluding tert-OH is 1. The van der Waals surface area contributed by atoms with Gasteiger partial charge in [-0.3, -0.25) is 14.3 Å². The van der Waals surface area contributed by atoms with Gasteiger partial charge in [-0.05, 0) is 12.5 Å². The van der Waals surface area contributed by atoms with Crippen molar-refractivity contribution in [2.24, 2.45) is 0 Å². The summed E-state index contributed by atoms with van der Waals surface area (Å²) in [5.41, 5.74) is -0.141. The van der Waals surface area contributed by atoms with Gasteiger partial charge >= 0.3 is 5.69 Å². The molecule has 0 saturated carbocycles. The lowest BCUT2D eigenvalue weighted by atomic mass is 10.1. The topological polar surface area (TPSA) is 93.6 Å². The van der Waals surface area contributed by atoms with Crippen LogP contribution in [0.5, 0.6) is 0 Å². The minimum Gasteiger partial charge on any atom is -0.386 e. The van der Waals surface area contributed by atoms with Gasteiger partial charge in [0.15, 0.2) is 6.23 Å². The maximum Gasteiger partial charge on any atom is 0.330 e. The van der Waals surface area contributed by atoms with Crippen LogP contribution in [0.2, 0.25) is 0 Å². The van der Waals surface area contributed by atoms with Crippen molar-refractivity contribution in [1.29, 1.82) is 0 Å². The number of ether oxygens (including phenoxy) is 2. The minimum atomic E-state index is -1.02. The average Bonchev–Trinajstić information content (AvgIpc) is 2.81. The lowest BCUT2D eigenvalue weighted by Gasteiger charge is -2.19. The Morgan fingerprint density at radius 1 is 1.26 bits per heavy atom. The smallest absolute Gasteiger partial charge is 0.330 e. The molecule has 1 aromatic carbocycles. The van der Waals surface area contributed by atoms with Crippen molar-refractivity contribution in [2.75, 3.05) is 0 Å². The molecule has 0 bridgehead atoms. The molecule has 0 amide bonds. The highest BCUT2D eigenvalue weighted by Crippen LogP contribution is 2.30. The van der Waals surface area contributed by atoms with Crippen LogP contribution in [0, 0.1) is 0 Å². The van der Waals surface area contributed by atoms with Crippen molar-refractivity contribution < 1.29 is 14.6 Å². The third-order valence-electron chi connectivity index (χ3n) is 3.86. The van der Waals surface area contributed by atoms with E-state index in [2.05, 4.69) is 4.98 Å². The summed E-state index contributed by atoms with van der Waals surface area (Å²) in [6.07, 6.45) is -1.56. The normalized spacial score (nSPS) is 27.2. The number of H-pyrrole nitrogens is 1. The quantitative estimate of drug-likeness (QED) is 0.851. The summed E-state index contributed by atoms with van der Waals surface area (Å²) in [5, 5.41) is 10.4. The molecule has 4 atom stereocenters. The van der Waals surface area contributed by atoms with Crippen molar-refractivity contribution in [2.45, 2.75) is 38.1 Å². The molecule has 1 aliphatic heterocycles. The molecule has 0 unspecified atom stereocenters. The second kappa shape index (κ2) is 6.49. The van der Waals surface area contributed by atoms with Gasteiger partial charge in [-0.25, -0.2) is 4.79 Å². The Balaban J connectivity index is 1.74. The van der Waals surface area contributed by atoms with Crippen LogP contribution in [-0.2, 0) is 16.1 Å². The van der Waals surface area contributed by atoms with Crippen LogP contribution in [0.15, 0.2) is 52.2 Å². The molecule has 1 fully saturated rings. The molecule has 23 heavy (non-hydrogen) atoms. The second-order valence-electron chi connectivity index (χ2n) is 5.50. The second-order valence-corrected chi connectivity index (χ2v) is 5.50. The van der Waals surface area contributed by atoms with E-state index in [4.69, 9.17) is 9.47 Å². The number of nitrogens with zero attached hydrogens (tertiary/aromatic N) is 1. The lowest BCUT2D eigenvalue weighted by Crippen LogP contribution is -2.38. The van der Waals surface area contributed by atoms with Gasteiger partial charge < -0.3 is 14.6 Å². The maximum absolute atomic E-state index is 11.8. The zero-order valence-corrected chi connectivity index (χ0v) is 12.6. The summed E-state index contributed by atoms with van der Waals surface area (Å²) in [7, 11) is 0. The number of hydrogen-bond donors (Lipinski definition) is 2. The number of aromatic amines is 1. The molecule has 1 saturated heterocycles. The van der Waals surface area contributed by atoms with Crippen LogP contribution in [-0.4, -0.2) is 33.0 Å². The first-order chi connectivity index (χ1) is 11.1. The number of aliphatic hydroxyl groups is 1. The summed E-state index contributed by atoms with van der Waals surface area (Å²) in [6.45, 7) is 2.11. The largest absolute Gasteiger partial charge is 0.386 e. The Morgan fingerprint density at radius 3 is 2.70 bits per heavy atom. The third-order valence-corrected chi connectivity index (χ3v) is 3.86. The Morgan fingerprint density at radius 2 is 2.00 bits per heavy atom. The predicted molar refractivity (Wildman–Crippen MR) is 81.9 cm³/mol. The molecular weight excluding hydrogens is 300 g/mol. The highest BCUT2D eigenvalue weighted by molar-refractivity contribution is 5.13. The number of aromatic nitrogens is 2. The van der Waals surface area contributed by atoms with Crippen molar-refractivity contribution in [3.63, 3.8) is 0 Å². The molecule has 7 heteroatoms. The average molecular weight is 318 g/mol. The number of nitrogens with one attached hydrogen (secondary N) is 1. The molecule has 0 radical (unpaired) electrons. The highest BCUT2D eigenvalue weighted by Gasteiger charge is 2.43. The van der Waals surface area contributed by atoms with Gasteiger partial charge in [0.1, 0.15) is 12.2 Å².